The van der Waals surface area contributed by atoms with E-state index < -0.39 is 10.0 Å². The predicted octanol–water partition coefficient (Wildman–Crippen LogP) is -0.755. The van der Waals surface area contributed by atoms with Gasteiger partial charge in [-0.2, -0.15) is 0 Å². The van der Waals surface area contributed by atoms with Crippen molar-refractivity contribution in [2.24, 2.45) is 5.73 Å². The van der Waals surface area contributed by atoms with E-state index in [1.807, 2.05) is 0 Å². The van der Waals surface area contributed by atoms with Gasteiger partial charge in [-0.15, -0.1) is 0 Å². The van der Waals surface area contributed by atoms with Gasteiger partial charge < -0.3 is 15.2 Å². The molecule has 0 aliphatic carbocycles. The summed E-state index contributed by atoms with van der Waals surface area (Å²) in [4.78, 5) is -0.0381. The fourth-order valence-electron chi connectivity index (χ4n) is 0.885. The molecule has 0 amide bonds. The molecule has 8 heteroatoms. The van der Waals surface area contributed by atoms with Gasteiger partial charge in [0, 0.05) is 20.3 Å². The van der Waals surface area contributed by atoms with Gasteiger partial charge in [0.05, 0.1) is 18.2 Å². The number of hydrogen-bond acceptors (Lipinski definition) is 5. The van der Waals surface area contributed by atoms with E-state index in [1.165, 1.54) is 0 Å². The van der Waals surface area contributed by atoms with E-state index in [2.05, 4.69) is 16.9 Å². The molecule has 0 aliphatic heterocycles. The molecule has 3 N–H and O–H groups in total. The Bertz CT molecular complexity index is 292. The van der Waals surface area contributed by atoms with Crippen LogP contribution < -0.4 is 10.5 Å². The number of thiocarbonyl (C=S) groups is 1. The van der Waals surface area contributed by atoms with Crippen LogP contribution in [0.4, 0.5) is 0 Å². The summed E-state index contributed by atoms with van der Waals surface area (Å²) in [6, 6.07) is 0. The Hall–Kier alpha value is -0.280. The van der Waals surface area contributed by atoms with Crippen LogP contribution in [0, 0.1) is 0 Å². The summed E-state index contributed by atoms with van der Waals surface area (Å²) >= 11 is 4.51. The summed E-state index contributed by atoms with van der Waals surface area (Å²) in [5, 5.41) is 0. The molecule has 96 valence electrons. The second-order valence-electron chi connectivity index (χ2n) is 3.08. The van der Waals surface area contributed by atoms with Gasteiger partial charge in [-0.3, -0.25) is 0 Å². The Kier molecular flexibility index (Phi) is 8.67. The van der Waals surface area contributed by atoms with Crippen LogP contribution in [0.3, 0.4) is 0 Å². The summed E-state index contributed by atoms with van der Waals surface area (Å²) in [5.74, 6) is -0.313. The first-order valence-electron chi connectivity index (χ1n) is 4.80. The maximum absolute atomic E-state index is 11.2. The molecular formula is C8H18N2O4S2. The van der Waals surface area contributed by atoms with Crippen molar-refractivity contribution in [2.75, 3.05) is 39.2 Å². The number of nitrogens with two attached hydrogens (primary N) is 1. The largest absolute Gasteiger partial charge is 0.392 e. The molecule has 0 radical (unpaired) electrons. The third-order valence-electron chi connectivity index (χ3n) is 1.55. The van der Waals surface area contributed by atoms with Crippen molar-refractivity contribution in [2.45, 2.75) is 6.42 Å². The molecule has 0 atom stereocenters. The van der Waals surface area contributed by atoms with Crippen LogP contribution >= 0.6 is 12.2 Å². The molecule has 0 aromatic heterocycles. The molecule has 0 unspecified atom stereocenters. The number of rotatable bonds is 10. The lowest BCUT2D eigenvalue weighted by atomic mass is 10.5. The van der Waals surface area contributed by atoms with Crippen LogP contribution in [0.1, 0.15) is 6.42 Å². The topological polar surface area (TPSA) is 90.6 Å². The SMILES string of the molecule is COCCOCCCNS(=O)(=O)CC(N)=S. The van der Waals surface area contributed by atoms with E-state index in [0.717, 1.165) is 0 Å². The Morgan fingerprint density at radius 1 is 1.38 bits per heavy atom. The minimum absolute atomic E-state index is 0.0381. The molecule has 0 aromatic rings. The van der Waals surface area contributed by atoms with Crippen molar-refractivity contribution in [3.63, 3.8) is 0 Å². The van der Waals surface area contributed by atoms with Gasteiger partial charge in [-0.25, -0.2) is 13.1 Å². The average Bonchev–Trinajstić information content (AvgIpc) is 2.14. The monoisotopic (exact) mass is 270 g/mol. The van der Waals surface area contributed by atoms with Crippen LogP contribution in [0.15, 0.2) is 0 Å². The number of hydrogen-bond donors (Lipinski definition) is 2. The molecule has 0 aromatic carbocycles. The molecule has 0 bridgehead atoms. The van der Waals surface area contributed by atoms with Crippen molar-refractivity contribution in [3.8, 4) is 0 Å². The maximum Gasteiger partial charge on any atom is 0.218 e. The molecule has 6 nitrogen and oxygen atoms in total. The zero-order chi connectivity index (χ0) is 12.4. The first-order chi connectivity index (χ1) is 7.48. The Morgan fingerprint density at radius 2 is 2.06 bits per heavy atom. The maximum atomic E-state index is 11.2. The molecular weight excluding hydrogens is 252 g/mol. The second-order valence-corrected chi connectivity index (χ2v) is 5.41. The van der Waals surface area contributed by atoms with Crippen LogP contribution in [0.25, 0.3) is 0 Å². The van der Waals surface area contributed by atoms with Gasteiger partial charge in [0.25, 0.3) is 0 Å². The molecule has 16 heavy (non-hydrogen) atoms. The van der Waals surface area contributed by atoms with Gasteiger partial charge in [0.2, 0.25) is 10.0 Å². The Morgan fingerprint density at radius 3 is 2.62 bits per heavy atom. The van der Waals surface area contributed by atoms with Crippen LogP contribution in [-0.4, -0.2) is 52.6 Å². The van der Waals surface area contributed by atoms with Crippen LogP contribution in [0.5, 0.6) is 0 Å². The van der Waals surface area contributed by atoms with E-state index in [9.17, 15) is 8.42 Å². The number of ether oxygens (including phenoxy) is 2. The second kappa shape index (κ2) is 8.82. The molecule has 0 heterocycles. The standard InChI is InChI=1S/C8H18N2O4S2/c1-13-5-6-14-4-2-3-10-16(11,12)7-8(9)15/h10H,2-7H2,1H3,(H2,9,15). The summed E-state index contributed by atoms with van der Waals surface area (Å²) in [5.41, 5.74) is 5.14. The third kappa shape index (κ3) is 10.2. The molecule has 0 fully saturated rings. The molecule has 0 saturated carbocycles. The highest BCUT2D eigenvalue weighted by Gasteiger charge is 2.10. The molecule has 0 aliphatic rings. The first kappa shape index (κ1) is 15.7. The molecule has 0 saturated heterocycles. The highest BCUT2D eigenvalue weighted by Crippen LogP contribution is 1.87. The average molecular weight is 270 g/mol. The summed E-state index contributed by atoms with van der Waals surface area (Å²) in [6.45, 7) is 1.85. The van der Waals surface area contributed by atoms with Gasteiger partial charge in [0.15, 0.2) is 0 Å². The lowest BCUT2D eigenvalue weighted by molar-refractivity contribution is 0.0699. The fraction of sp³-hybridized carbons (Fsp3) is 0.875. The van der Waals surface area contributed by atoms with Gasteiger partial charge in [0.1, 0.15) is 5.75 Å². The van der Waals surface area contributed by atoms with Crippen molar-refractivity contribution in [1.29, 1.82) is 0 Å². The zero-order valence-electron chi connectivity index (χ0n) is 9.27. The normalized spacial score (nSPS) is 11.6. The van der Waals surface area contributed by atoms with E-state index >= 15 is 0 Å². The van der Waals surface area contributed by atoms with Crippen molar-refractivity contribution >= 4 is 27.2 Å². The lowest BCUT2D eigenvalue weighted by Gasteiger charge is -2.06. The zero-order valence-corrected chi connectivity index (χ0v) is 10.9. The van der Waals surface area contributed by atoms with E-state index in [4.69, 9.17) is 15.2 Å². The number of sulfonamides is 1. The lowest BCUT2D eigenvalue weighted by Crippen LogP contribution is -2.33. The number of methoxy groups -OCH3 is 1. The summed E-state index contributed by atoms with van der Waals surface area (Å²) < 4.78 is 34.8. The van der Waals surface area contributed by atoms with Gasteiger partial charge in [-0.05, 0) is 6.42 Å². The summed E-state index contributed by atoms with van der Waals surface area (Å²) in [6.07, 6.45) is 0.597. The van der Waals surface area contributed by atoms with Crippen molar-refractivity contribution < 1.29 is 17.9 Å². The minimum Gasteiger partial charge on any atom is -0.392 e. The van der Waals surface area contributed by atoms with Crippen molar-refractivity contribution in [1.82, 2.24) is 4.72 Å². The first-order valence-corrected chi connectivity index (χ1v) is 6.86. The third-order valence-corrected chi connectivity index (χ3v) is 3.21. The smallest absolute Gasteiger partial charge is 0.218 e. The molecule has 0 rings (SSSR count). The highest BCUT2D eigenvalue weighted by atomic mass is 32.2. The van der Waals surface area contributed by atoms with E-state index in [-0.39, 0.29) is 10.7 Å². The van der Waals surface area contributed by atoms with Crippen LogP contribution in [0.2, 0.25) is 0 Å². The van der Waals surface area contributed by atoms with E-state index in [0.29, 0.717) is 32.8 Å². The molecule has 0 spiro atoms. The Balaban J connectivity index is 3.47. The predicted molar refractivity (Wildman–Crippen MR) is 65.9 cm³/mol. The Labute approximate surface area is 102 Å². The summed E-state index contributed by atoms with van der Waals surface area (Å²) in [7, 11) is -1.78. The van der Waals surface area contributed by atoms with Gasteiger partial charge >= 0.3 is 0 Å². The minimum atomic E-state index is -3.37. The van der Waals surface area contributed by atoms with Crippen LogP contribution in [-0.2, 0) is 19.5 Å². The quantitative estimate of drug-likeness (QED) is 0.401. The van der Waals surface area contributed by atoms with Crippen molar-refractivity contribution in [3.05, 3.63) is 0 Å². The highest BCUT2D eigenvalue weighted by molar-refractivity contribution is 7.92. The number of nitrogens with one attached hydrogen (secondary N) is 1. The fourth-order valence-corrected chi connectivity index (χ4v) is 2.28. The van der Waals surface area contributed by atoms with E-state index in [1.54, 1.807) is 7.11 Å². The van der Waals surface area contributed by atoms with Gasteiger partial charge in [-0.1, -0.05) is 12.2 Å².